The minimum atomic E-state index is -0.485. The second kappa shape index (κ2) is 6.75. The highest BCUT2D eigenvalue weighted by Gasteiger charge is 2.23. The Hall–Kier alpha value is -1.55. The van der Waals surface area contributed by atoms with E-state index < -0.39 is 11.5 Å². The molecule has 4 heteroatoms. The molecule has 20 heavy (non-hydrogen) atoms. The number of benzene rings is 1. The van der Waals surface area contributed by atoms with Crippen LogP contribution in [0.1, 0.15) is 39.7 Å². The van der Waals surface area contributed by atoms with Crippen LogP contribution in [0, 0.1) is 5.41 Å². The van der Waals surface area contributed by atoms with E-state index in [1.54, 1.807) is 13.2 Å². The summed E-state index contributed by atoms with van der Waals surface area (Å²) in [6.45, 7) is 7.51. The van der Waals surface area contributed by atoms with E-state index in [0.29, 0.717) is 24.3 Å². The molecule has 0 saturated carbocycles. The summed E-state index contributed by atoms with van der Waals surface area (Å²) in [5, 5.41) is 12.8. The summed E-state index contributed by atoms with van der Waals surface area (Å²) in [7, 11) is 1.57. The first-order valence-electron chi connectivity index (χ1n) is 6.95. The van der Waals surface area contributed by atoms with Crippen LogP contribution in [-0.2, 0) is 11.2 Å². The minimum Gasteiger partial charge on any atom is -0.495 e. The molecule has 0 aromatic heterocycles. The van der Waals surface area contributed by atoms with Crippen LogP contribution >= 0.6 is 0 Å². The SMILES string of the molecule is CCC(O)Cc1cccc(OC)c1NC(=O)C(C)(C)C. The molecule has 0 bridgehead atoms. The third kappa shape index (κ3) is 4.23. The number of para-hydroxylation sites is 1. The summed E-state index contributed by atoms with van der Waals surface area (Å²) < 4.78 is 5.32. The number of hydrogen-bond acceptors (Lipinski definition) is 3. The number of anilines is 1. The van der Waals surface area contributed by atoms with E-state index in [2.05, 4.69) is 5.32 Å². The zero-order chi connectivity index (χ0) is 15.3. The molecule has 0 spiro atoms. The lowest BCUT2D eigenvalue weighted by atomic mass is 9.95. The summed E-state index contributed by atoms with van der Waals surface area (Å²) >= 11 is 0. The topological polar surface area (TPSA) is 58.6 Å². The Morgan fingerprint density at radius 2 is 2.05 bits per heavy atom. The molecule has 112 valence electrons. The van der Waals surface area contributed by atoms with Gasteiger partial charge in [0.05, 0.1) is 18.9 Å². The average Bonchev–Trinajstić information content (AvgIpc) is 2.39. The molecule has 0 aliphatic rings. The van der Waals surface area contributed by atoms with Crippen molar-refractivity contribution in [2.24, 2.45) is 5.41 Å². The van der Waals surface area contributed by atoms with Crippen LogP contribution in [0.25, 0.3) is 0 Å². The third-order valence-electron chi connectivity index (χ3n) is 3.18. The fraction of sp³-hybridized carbons (Fsp3) is 0.562. The summed E-state index contributed by atoms with van der Waals surface area (Å²) in [6, 6.07) is 5.57. The fourth-order valence-corrected chi connectivity index (χ4v) is 1.76. The molecule has 1 amide bonds. The number of ether oxygens (including phenoxy) is 1. The molecule has 0 heterocycles. The quantitative estimate of drug-likeness (QED) is 0.871. The molecular formula is C16H25NO3. The van der Waals surface area contributed by atoms with Crippen molar-refractivity contribution in [1.29, 1.82) is 0 Å². The highest BCUT2D eigenvalue weighted by molar-refractivity contribution is 5.96. The fourth-order valence-electron chi connectivity index (χ4n) is 1.76. The van der Waals surface area contributed by atoms with Crippen LogP contribution in [0.3, 0.4) is 0 Å². The van der Waals surface area contributed by atoms with Gasteiger partial charge in [-0.25, -0.2) is 0 Å². The van der Waals surface area contributed by atoms with Crippen LogP contribution in [0.2, 0.25) is 0 Å². The lowest BCUT2D eigenvalue weighted by Crippen LogP contribution is -2.28. The normalized spacial score (nSPS) is 12.9. The van der Waals surface area contributed by atoms with Crippen molar-refractivity contribution in [3.05, 3.63) is 23.8 Å². The molecule has 4 nitrogen and oxygen atoms in total. The van der Waals surface area contributed by atoms with Gasteiger partial charge in [0.25, 0.3) is 0 Å². The van der Waals surface area contributed by atoms with E-state index in [0.717, 1.165) is 5.56 Å². The molecule has 0 saturated heterocycles. The van der Waals surface area contributed by atoms with Gasteiger partial charge >= 0.3 is 0 Å². The smallest absolute Gasteiger partial charge is 0.229 e. The van der Waals surface area contributed by atoms with Crippen molar-refractivity contribution in [2.45, 2.75) is 46.6 Å². The van der Waals surface area contributed by atoms with Gasteiger partial charge in [-0.3, -0.25) is 4.79 Å². The van der Waals surface area contributed by atoms with Crippen molar-refractivity contribution < 1.29 is 14.6 Å². The molecule has 1 aromatic rings. The van der Waals surface area contributed by atoms with E-state index in [-0.39, 0.29) is 5.91 Å². The molecule has 0 radical (unpaired) electrons. The van der Waals surface area contributed by atoms with E-state index >= 15 is 0 Å². The van der Waals surface area contributed by atoms with Gasteiger partial charge in [0.1, 0.15) is 5.75 Å². The molecule has 1 rings (SSSR count). The summed E-state index contributed by atoms with van der Waals surface area (Å²) in [4.78, 5) is 12.2. The number of aliphatic hydroxyl groups is 1. The maximum atomic E-state index is 12.2. The van der Waals surface area contributed by atoms with Gasteiger partial charge in [-0.05, 0) is 18.1 Å². The van der Waals surface area contributed by atoms with Crippen LogP contribution in [0.15, 0.2) is 18.2 Å². The predicted molar refractivity (Wildman–Crippen MR) is 81.1 cm³/mol. The number of hydrogen-bond donors (Lipinski definition) is 2. The number of carbonyl (C=O) groups is 1. The Kier molecular flexibility index (Phi) is 5.57. The zero-order valence-corrected chi connectivity index (χ0v) is 13.0. The van der Waals surface area contributed by atoms with Gasteiger partial charge in [0.15, 0.2) is 0 Å². The van der Waals surface area contributed by atoms with Gasteiger partial charge in [0.2, 0.25) is 5.91 Å². The number of aliphatic hydroxyl groups excluding tert-OH is 1. The first kappa shape index (κ1) is 16.5. The minimum absolute atomic E-state index is 0.0748. The van der Waals surface area contributed by atoms with Gasteiger partial charge in [-0.1, -0.05) is 39.8 Å². The molecule has 0 fully saturated rings. The van der Waals surface area contributed by atoms with Gasteiger partial charge in [-0.15, -0.1) is 0 Å². The second-order valence-corrected chi connectivity index (χ2v) is 5.96. The first-order valence-corrected chi connectivity index (χ1v) is 6.95. The summed E-state index contributed by atoms with van der Waals surface area (Å²) in [5.41, 5.74) is 1.06. The second-order valence-electron chi connectivity index (χ2n) is 5.96. The van der Waals surface area contributed by atoms with E-state index in [4.69, 9.17) is 4.74 Å². The summed E-state index contributed by atoms with van der Waals surface area (Å²) in [5.74, 6) is 0.539. The van der Waals surface area contributed by atoms with E-state index in [1.165, 1.54) is 0 Å². The zero-order valence-electron chi connectivity index (χ0n) is 13.0. The predicted octanol–water partition coefficient (Wildman–Crippen LogP) is 2.99. The third-order valence-corrected chi connectivity index (χ3v) is 3.18. The lowest BCUT2D eigenvalue weighted by molar-refractivity contribution is -0.123. The number of nitrogens with one attached hydrogen (secondary N) is 1. The van der Waals surface area contributed by atoms with Crippen molar-refractivity contribution in [3.8, 4) is 5.75 Å². The number of methoxy groups -OCH3 is 1. The van der Waals surface area contributed by atoms with Crippen LogP contribution in [0.5, 0.6) is 5.75 Å². The highest BCUT2D eigenvalue weighted by atomic mass is 16.5. The van der Waals surface area contributed by atoms with Crippen molar-refractivity contribution in [2.75, 3.05) is 12.4 Å². The Morgan fingerprint density at radius 3 is 2.55 bits per heavy atom. The molecule has 0 aliphatic heterocycles. The number of amides is 1. The molecule has 2 N–H and O–H groups in total. The Labute approximate surface area is 121 Å². The maximum Gasteiger partial charge on any atom is 0.229 e. The van der Waals surface area contributed by atoms with Crippen molar-refractivity contribution >= 4 is 11.6 Å². The van der Waals surface area contributed by atoms with E-state index in [1.807, 2.05) is 39.8 Å². The highest BCUT2D eigenvalue weighted by Crippen LogP contribution is 2.31. The molecule has 0 aliphatic carbocycles. The van der Waals surface area contributed by atoms with Crippen LogP contribution < -0.4 is 10.1 Å². The maximum absolute atomic E-state index is 12.2. The molecular weight excluding hydrogens is 254 g/mol. The summed E-state index contributed by atoms with van der Waals surface area (Å²) in [6.07, 6.45) is 0.740. The average molecular weight is 279 g/mol. The van der Waals surface area contributed by atoms with E-state index in [9.17, 15) is 9.90 Å². The van der Waals surface area contributed by atoms with Crippen molar-refractivity contribution in [3.63, 3.8) is 0 Å². The first-order chi connectivity index (χ1) is 9.29. The van der Waals surface area contributed by atoms with Gasteiger partial charge in [-0.2, -0.15) is 0 Å². The number of rotatable bonds is 5. The molecule has 1 atom stereocenters. The van der Waals surface area contributed by atoms with Gasteiger partial charge in [0, 0.05) is 11.8 Å². The monoisotopic (exact) mass is 279 g/mol. The van der Waals surface area contributed by atoms with Gasteiger partial charge < -0.3 is 15.2 Å². The van der Waals surface area contributed by atoms with Crippen LogP contribution in [-0.4, -0.2) is 24.2 Å². The Balaban J connectivity index is 3.10. The lowest BCUT2D eigenvalue weighted by Gasteiger charge is -2.21. The van der Waals surface area contributed by atoms with Crippen LogP contribution in [0.4, 0.5) is 5.69 Å². The Bertz CT molecular complexity index is 463. The van der Waals surface area contributed by atoms with Crippen molar-refractivity contribution in [1.82, 2.24) is 0 Å². The molecule has 1 unspecified atom stereocenters. The molecule has 1 aromatic carbocycles. The number of carbonyl (C=O) groups excluding carboxylic acids is 1. The largest absolute Gasteiger partial charge is 0.495 e. The Morgan fingerprint density at radius 1 is 1.40 bits per heavy atom. The standard InChI is InChI=1S/C16H25NO3/c1-6-12(18)10-11-8-7-9-13(20-5)14(11)17-15(19)16(2,3)4/h7-9,12,18H,6,10H2,1-5H3,(H,17,19).